The Morgan fingerprint density at radius 3 is 3.12 bits per heavy atom. The topological polar surface area (TPSA) is 51.7 Å². The van der Waals surface area contributed by atoms with Crippen LogP contribution in [-0.2, 0) is 0 Å². The number of aliphatic hydroxyl groups excluding tert-OH is 1. The Hall–Kier alpha value is -1.56. The summed E-state index contributed by atoms with van der Waals surface area (Å²) in [4.78, 5) is 7.81. The second-order valence-electron chi connectivity index (χ2n) is 7.15. The number of nitrogens with one attached hydrogen (secondary N) is 1. The highest BCUT2D eigenvalue weighted by Gasteiger charge is 2.20. The number of hydrogen-bond donors (Lipinski definition) is 2. The van der Waals surface area contributed by atoms with Gasteiger partial charge in [0.1, 0.15) is 18.5 Å². The fourth-order valence-corrected chi connectivity index (χ4v) is 3.72. The van der Waals surface area contributed by atoms with Crippen molar-refractivity contribution in [2.24, 2.45) is 5.92 Å². The van der Waals surface area contributed by atoms with Crippen molar-refractivity contribution in [2.45, 2.75) is 18.9 Å². The summed E-state index contributed by atoms with van der Waals surface area (Å²) in [7, 11) is 4.28. The highest BCUT2D eigenvalue weighted by molar-refractivity contribution is 5.85. The number of likely N-dealkylation sites (tertiary alicyclic amines) is 1. The first kappa shape index (κ1) is 17.3. The number of aliphatic hydroxyl groups is 1. The van der Waals surface area contributed by atoms with E-state index < -0.39 is 6.10 Å². The number of rotatable bonds is 7. The average Bonchev–Trinajstić information content (AvgIpc) is 3.02. The number of ether oxygens (including phenoxy) is 1. The van der Waals surface area contributed by atoms with Crippen LogP contribution in [0.2, 0.25) is 0 Å². The van der Waals surface area contributed by atoms with Gasteiger partial charge in [-0.05, 0) is 57.6 Å². The van der Waals surface area contributed by atoms with Crippen molar-refractivity contribution in [3.05, 3.63) is 30.5 Å². The van der Waals surface area contributed by atoms with Gasteiger partial charge in [0.05, 0.1) is 0 Å². The number of hydrogen-bond acceptors (Lipinski definition) is 4. The lowest BCUT2D eigenvalue weighted by molar-refractivity contribution is 0.0664. The number of likely N-dealkylation sites (N-methyl/N-ethyl adjacent to an activating group) is 1. The van der Waals surface area contributed by atoms with Crippen molar-refractivity contribution in [1.29, 1.82) is 0 Å². The van der Waals surface area contributed by atoms with E-state index in [2.05, 4.69) is 28.9 Å². The molecule has 5 heteroatoms. The van der Waals surface area contributed by atoms with Crippen molar-refractivity contribution in [3.63, 3.8) is 0 Å². The quantitative estimate of drug-likeness (QED) is 0.816. The molecule has 3 rings (SSSR count). The standard InChI is InChI=1S/C19H29N3O2/c1-21-10-4-5-15(11-21)12-22(2)13-16(23)14-24-19-7-3-6-18-17(19)8-9-20-18/h3,6-9,15-16,20,23H,4-5,10-14H2,1-2H3. The van der Waals surface area contributed by atoms with Gasteiger partial charge in [-0.2, -0.15) is 0 Å². The molecular formula is C19H29N3O2. The minimum Gasteiger partial charge on any atom is -0.490 e. The Kier molecular flexibility index (Phi) is 5.76. The molecule has 2 atom stereocenters. The van der Waals surface area contributed by atoms with E-state index in [1.54, 1.807) is 0 Å². The maximum atomic E-state index is 10.3. The molecule has 24 heavy (non-hydrogen) atoms. The molecule has 1 aliphatic rings. The summed E-state index contributed by atoms with van der Waals surface area (Å²) in [5, 5.41) is 11.4. The van der Waals surface area contributed by atoms with Crippen molar-refractivity contribution < 1.29 is 9.84 Å². The van der Waals surface area contributed by atoms with E-state index >= 15 is 0 Å². The summed E-state index contributed by atoms with van der Waals surface area (Å²) in [6.45, 7) is 4.37. The van der Waals surface area contributed by atoms with E-state index in [0.29, 0.717) is 19.1 Å². The van der Waals surface area contributed by atoms with Crippen molar-refractivity contribution in [1.82, 2.24) is 14.8 Å². The van der Waals surface area contributed by atoms with E-state index in [4.69, 9.17) is 4.74 Å². The van der Waals surface area contributed by atoms with Crippen LogP contribution in [0.15, 0.2) is 30.5 Å². The molecule has 0 saturated carbocycles. The molecule has 1 fully saturated rings. The van der Waals surface area contributed by atoms with Crippen molar-refractivity contribution in [3.8, 4) is 5.75 Å². The Morgan fingerprint density at radius 1 is 1.42 bits per heavy atom. The molecule has 0 aliphatic carbocycles. The number of piperidine rings is 1. The van der Waals surface area contributed by atoms with Gasteiger partial charge in [-0.1, -0.05) is 6.07 Å². The molecular weight excluding hydrogens is 302 g/mol. The van der Waals surface area contributed by atoms with E-state index in [9.17, 15) is 5.11 Å². The Labute approximate surface area is 144 Å². The highest BCUT2D eigenvalue weighted by Crippen LogP contribution is 2.24. The predicted octanol–water partition coefficient (Wildman–Crippen LogP) is 2.18. The Morgan fingerprint density at radius 2 is 2.29 bits per heavy atom. The lowest BCUT2D eigenvalue weighted by Gasteiger charge is -2.33. The molecule has 0 spiro atoms. The van der Waals surface area contributed by atoms with Gasteiger partial charge in [-0.3, -0.25) is 0 Å². The van der Waals surface area contributed by atoms with Crippen LogP contribution in [-0.4, -0.2) is 72.9 Å². The lowest BCUT2D eigenvalue weighted by atomic mass is 9.98. The molecule has 0 amide bonds. The van der Waals surface area contributed by atoms with Gasteiger partial charge in [0, 0.05) is 36.7 Å². The first-order chi connectivity index (χ1) is 11.6. The zero-order valence-electron chi connectivity index (χ0n) is 14.7. The number of H-pyrrole nitrogens is 1. The zero-order chi connectivity index (χ0) is 16.9. The number of nitrogens with zero attached hydrogens (tertiary/aromatic N) is 2. The molecule has 0 radical (unpaired) electrons. The third kappa shape index (κ3) is 4.50. The first-order valence-corrected chi connectivity index (χ1v) is 8.86. The lowest BCUT2D eigenvalue weighted by Crippen LogP contribution is -2.41. The minimum atomic E-state index is -0.481. The van der Waals surface area contributed by atoms with E-state index in [1.165, 1.54) is 19.4 Å². The monoisotopic (exact) mass is 331 g/mol. The van der Waals surface area contributed by atoms with E-state index in [-0.39, 0.29) is 0 Å². The van der Waals surface area contributed by atoms with Crippen LogP contribution in [0.3, 0.4) is 0 Å². The first-order valence-electron chi connectivity index (χ1n) is 8.86. The predicted molar refractivity (Wildman–Crippen MR) is 97.5 cm³/mol. The van der Waals surface area contributed by atoms with E-state index in [0.717, 1.165) is 29.7 Å². The zero-order valence-corrected chi connectivity index (χ0v) is 14.7. The van der Waals surface area contributed by atoms with Gasteiger partial charge in [0.15, 0.2) is 0 Å². The van der Waals surface area contributed by atoms with Crippen LogP contribution in [0, 0.1) is 5.92 Å². The fourth-order valence-electron chi connectivity index (χ4n) is 3.72. The molecule has 1 aromatic carbocycles. The molecule has 2 unspecified atom stereocenters. The van der Waals surface area contributed by atoms with Gasteiger partial charge in [0.25, 0.3) is 0 Å². The number of aromatic nitrogens is 1. The minimum absolute atomic E-state index is 0.319. The maximum absolute atomic E-state index is 10.3. The molecule has 2 aromatic rings. The summed E-state index contributed by atoms with van der Waals surface area (Å²) < 4.78 is 5.84. The normalized spacial score (nSPS) is 20.6. The largest absolute Gasteiger partial charge is 0.490 e. The fraction of sp³-hybridized carbons (Fsp3) is 0.579. The van der Waals surface area contributed by atoms with Gasteiger partial charge in [-0.15, -0.1) is 0 Å². The molecule has 2 heterocycles. The van der Waals surface area contributed by atoms with E-state index in [1.807, 2.05) is 30.5 Å². The third-order valence-corrected chi connectivity index (χ3v) is 4.80. The molecule has 132 valence electrons. The average molecular weight is 331 g/mol. The second-order valence-corrected chi connectivity index (χ2v) is 7.15. The molecule has 1 aliphatic heterocycles. The second kappa shape index (κ2) is 8.01. The number of benzene rings is 1. The van der Waals surface area contributed by atoms with Crippen LogP contribution >= 0.6 is 0 Å². The molecule has 2 N–H and O–H groups in total. The summed E-state index contributed by atoms with van der Waals surface area (Å²) >= 11 is 0. The van der Waals surface area contributed by atoms with Crippen LogP contribution < -0.4 is 4.74 Å². The van der Waals surface area contributed by atoms with Crippen LogP contribution in [0.5, 0.6) is 5.75 Å². The summed E-state index contributed by atoms with van der Waals surface area (Å²) in [6.07, 6.45) is 3.99. The Balaban J connectivity index is 1.45. The smallest absolute Gasteiger partial charge is 0.128 e. The summed E-state index contributed by atoms with van der Waals surface area (Å²) in [5.41, 5.74) is 1.06. The molecule has 1 saturated heterocycles. The van der Waals surface area contributed by atoms with Gasteiger partial charge < -0.3 is 24.6 Å². The van der Waals surface area contributed by atoms with Crippen LogP contribution in [0.25, 0.3) is 10.9 Å². The molecule has 1 aromatic heterocycles. The number of aromatic amines is 1. The molecule has 0 bridgehead atoms. The van der Waals surface area contributed by atoms with Crippen LogP contribution in [0.1, 0.15) is 12.8 Å². The summed E-state index contributed by atoms with van der Waals surface area (Å²) in [6, 6.07) is 7.94. The number of fused-ring (bicyclic) bond motifs is 1. The third-order valence-electron chi connectivity index (χ3n) is 4.80. The highest BCUT2D eigenvalue weighted by atomic mass is 16.5. The molecule has 5 nitrogen and oxygen atoms in total. The van der Waals surface area contributed by atoms with Gasteiger partial charge in [0.2, 0.25) is 0 Å². The SMILES string of the molecule is CN1CCCC(CN(C)CC(O)COc2cccc3[nH]ccc23)C1. The summed E-state index contributed by atoms with van der Waals surface area (Å²) in [5.74, 6) is 1.53. The van der Waals surface area contributed by atoms with Gasteiger partial charge in [-0.25, -0.2) is 0 Å². The Bertz CT molecular complexity index is 642. The maximum Gasteiger partial charge on any atom is 0.128 e. The van der Waals surface area contributed by atoms with Crippen molar-refractivity contribution >= 4 is 10.9 Å². The van der Waals surface area contributed by atoms with Gasteiger partial charge >= 0.3 is 0 Å². The van der Waals surface area contributed by atoms with Crippen molar-refractivity contribution in [2.75, 3.05) is 46.9 Å². The van der Waals surface area contributed by atoms with Crippen LogP contribution in [0.4, 0.5) is 0 Å².